The van der Waals surface area contributed by atoms with Crippen molar-refractivity contribution in [2.45, 2.75) is 47.7 Å². The molecule has 0 saturated carbocycles. The maximum Gasteiger partial charge on any atom is 0.338 e. The fourth-order valence-corrected chi connectivity index (χ4v) is 8.95. The zero-order valence-corrected chi connectivity index (χ0v) is 24.8. The highest BCUT2D eigenvalue weighted by atomic mass is 79.9. The van der Waals surface area contributed by atoms with E-state index in [-0.39, 0.29) is 11.8 Å². The van der Waals surface area contributed by atoms with Crippen molar-refractivity contribution in [2.24, 2.45) is 11.8 Å². The molecule has 7 rings (SSSR count). The molecule has 0 unspecified atom stereocenters. The van der Waals surface area contributed by atoms with E-state index in [1.807, 2.05) is 48.5 Å². The van der Waals surface area contributed by atoms with Crippen LogP contribution in [0.2, 0.25) is 0 Å². The molecule has 0 radical (unpaired) electrons. The third-order valence-electron chi connectivity index (χ3n) is 8.41. The molecule has 0 aromatic heterocycles. The fourth-order valence-electron chi connectivity index (χ4n) is 6.65. The van der Waals surface area contributed by atoms with Gasteiger partial charge in [-0.2, -0.15) is 0 Å². The van der Waals surface area contributed by atoms with Crippen molar-refractivity contribution in [1.82, 2.24) is 0 Å². The molecular weight excluding hydrogens is 622 g/mol. The second-order valence-corrected chi connectivity index (χ2v) is 13.1. The van der Waals surface area contributed by atoms with Gasteiger partial charge in [0.05, 0.1) is 38.3 Å². The molecule has 39 heavy (non-hydrogen) atoms. The van der Waals surface area contributed by atoms with E-state index in [0.29, 0.717) is 17.9 Å². The van der Waals surface area contributed by atoms with Crippen molar-refractivity contribution >= 4 is 55.3 Å². The third-order valence-corrected chi connectivity index (χ3v) is 11.1. The van der Waals surface area contributed by atoms with Crippen LogP contribution >= 0.6 is 31.9 Å². The molecule has 200 valence electrons. The van der Waals surface area contributed by atoms with E-state index in [1.165, 1.54) is 11.3 Å². The van der Waals surface area contributed by atoms with Crippen molar-refractivity contribution in [2.75, 3.05) is 11.5 Å². The second kappa shape index (κ2) is 10.0. The van der Waals surface area contributed by atoms with Gasteiger partial charge in [0, 0.05) is 0 Å². The number of halogens is 2. The van der Waals surface area contributed by atoms with Gasteiger partial charge in [0.25, 0.3) is 0 Å². The van der Waals surface area contributed by atoms with Crippen LogP contribution in [0.3, 0.4) is 0 Å². The fraction of sp³-hybridized carbons (Fsp3) is 0.344. The first-order chi connectivity index (χ1) is 18.8. The molecule has 1 saturated heterocycles. The summed E-state index contributed by atoms with van der Waals surface area (Å²) in [5, 5.41) is 0. The summed E-state index contributed by atoms with van der Waals surface area (Å²) in [6.07, 6.45) is 5.31. The normalized spacial score (nSPS) is 26.3. The van der Waals surface area contributed by atoms with E-state index in [9.17, 15) is 14.4 Å². The number of nitrogens with zero attached hydrogens (tertiary/aromatic N) is 1. The van der Waals surface area contributed by atoms with Gasteiger partial charge in [0.2, 0.25) is 11.8 Å². The highest BCUT2D eigenvalue weighted by molar-refractivity contribution is 9.10. The number of ether oxygens (including phenoxy) is 1. The van der Waals surface area contributed by atoms with E-state index >= 15 is 0 Å². The van der Waals surface area contributed by atoms with E-state index in [2.05, 4.69) is 38.8 Å². The van der Waals surface area contributed by atoms with Gasteiger partial charge >= 0.3 is 5.97 Å². The minimum Gasteiger partial charge on any atom is -0.462 e. The monoisotopic (exact) mass is 649 g/mol. The topological polar surface area (TPSA) is 63.7 Å². The summed E-state index contributed by atoms with van der Waals surface area (Å²) in [4.78, 5) is 42.5. The molecule has 0 spiro atoms. The summed E-state index contributed by atoms with van der Waals surface area (Å²) in [7, 11) is 0. The van der Waals surface area contributed by atoms with Crippen LogP contribution in [0.5, 0.6) is 0 Å². The number of amides is 2. The highest BCUT2D eigenvalue weighted by Gasteiger charge is 2.72. The van der Waals surface area contributed by atoms with Gasteiger partial charge in [-0.3, -0.25) is 9.59 Å². The van der Waals surface area contributed by atoms with Crippen LogP contribution in [-0.4, -0.2) is 24.4 Å². The molecule has 0 N–H and O–H groups in total. The second-order valence-electron chi connectivity index (χ2n) is 10.6. The average molecular weight is 651 g/mol. The maximum atomic E-state index is 14.2. The number of esters is 1. The minimum atomic E-state index is -0.851. The van der Waals surface area contributed by atoms with Crippen molar-refractivity contribution < 1.29 is 19.1 Å². The Kier molecular flexibility index (Phi) is 6.79. The molecule has 7 heteroatoms. The lowest BCUT2D eigenvalue weighted by Crippen LogP contribution is -2.56. The van der Waals surface area contributed by atoms with Crippen molar-refractivity contribution in [3.63, 3.8) is 0 Å². The van der Waals surface area contributed by atoms with E-state index in [0.717, 1.165) is 47.9 Å². The zero-order chi connectivity index (χ0) is 27.4. The SMILES string of the molecule is CCCCCCCOC(=O)c1cccc(N2C(=O)[C@@H]3[C@@H](C2=O)C2(Br)c4ccccc4C3(Br)c3ccccc32)c1. The number of unbranched alkanes of at least 4 members (excludes halogenated alkanes) is 4. The molecule has 1 aliphatic heterocycles. The number of hydrogen-bond acceptors (Lipinski definition) is 4. The summed E-state index contributed by atoms with van der Waals surface area (Å²) in [5.41, 5.74) is 4.66. The molecule has 2 bridgehead atoms. The molecule has 5 nitrogen and oxygen atoms in total. The molecule has 3 aliphatic carbocycles. The van der Waals surface area contributed by atoms with E-state index in [1.54, 1.807) is 24.3 Å². The smallest absolute Gasteiger partial charge is 0.338 e. The lowest BCUT2D eigenvalue weighted by atomic mass is 9.54. The molecule has 2 amide bonds. The lowest BCUT2D eigenvalue weighted by molar-refractivity contribution is -0.122. The molecular formula is C32H29Br2NO4. The number of carbonyl (C=O) groups is 3. The van der Waals surface area contributed by atoms with E-state index in [4.69, 9.17) is 4.74 Å². The Morgan fingerprint density at radius 3 is 1.79 bits per heavy atom. The summed E-state index contributed by atoms with van der Waals surface area (Å²) >= 11 is 8.05. The number of benzene rings is 3. The Bertz CT molecular complexity index is 1360. The van der Waals surface area contributed by atoms with Gasteiger partial charge in [-0.05, 0) is 46.9 Å². The van der Waals surface area contributed by atoms with Crippen molar-refractivity contribution in [3.8, 4) is 0 Å². The first-order valence-corrected chi connectivity index (χ1v) is 15.2. The Hall–Kier alpha value is -2.77. The third kappa shape index (κ3) is 3.80. The minimum absolute atomic E-state index is 0.281. The molecule has 1 fully saturated rings. The highest BCUT2D eigenvalue weighted by Crippen LogP contribution is 2.70. The zero-order valence-electron chi connectivity index (χ0n) is 21.7. The summed E-state index contributed by atoms with van der Waals surface area (Å²) in [6, 6.07) is 22.7. The summed E-state index contributed by atoms with van der Waals surface area (Å²) in [5.74, 6) is -2.33. The number of rotatable bonds is 8. The standard InChI is InChI=1S/C32H29Br2NO4/c1-2-3-4-5-10-18-39-30(38)20-12-11-13-21(19-20)35-28(36)26-27(29(35)37)32(34)23-15-7-6-14-22(23)31(26,33)24-16-8-9-17-25(24)32/h6-9,11-17,19,26-27H,2-5,10,18H2,1H3/t26-,27-,31?,32?/m0/s1. The molecule has 3 aromatic carbocycles. The van der Waals surface area contributed by atoms with Gasteiger partial charge in [-0.25, -0.2) is 9.69 Å². The molecule has 4 aliphatic rings. The molecule has 1 heterocycles. The average Bonchev–Trinajstić information content (AvgIpc) is 3.24. The summed E-state index contributed by atoms with van der Waals surface area (Å²) < 4.78 is 3.79. The van der Waals surface area contributed by atoms with Gasteiger partial charge in [0.1, 0.15) is 0 Å². The summed E-state index contributed by atoms with van der Waals surface area (Å²) in [6.45, 7) is 2.52. The molecule has 2 atom stereocenters. The van der Waals surface area contributed by atoms with Gasteiger partial charge < -0.3 is 4.74 Å². The van der Waals surface area contributed by atoms with Crippen LogP contribution in [-0.2, 0) is 23.0 Å². The molecule has 3 aromatic rings. The number of hydrogen-bond donors (Lipinski definition) is 0. The van der Waals surface area contributed by atoms with Crippen molar-refractivity contribution in [1.29, 1.82) is 0 Å². The lowest BCUT2D eigenvalue weighted by Gasteiger charge is -2.55. The first kappa shape index (κ1) is 26.5. The predicted octanol–water partition coefficient (Wildman–Crippen LogP) is 7.22. The number of anilines is 1. The van der Waals surface area contributed by atoms with Crippen LogP contribution in [0.15, 0.2) is 72.8 Å². The van der Waals surface area contributed by atoms with Crippen molar-refractivity contribution in [3.05, 3.63) is 101 Å². The maximum absolute atomic E-state index is 14.2. The van der Waals surface area contributed by atoms with Crippen LogP contribution in [0, 0.1) is 11.8 Å². The quantitative estimate of drug-likeness (QED) is 0.112. The van der Waals surface area contributed by atoms with Crippen LogP contribution in [0.4, 0.5) is 5.69 Å². The predicted molar refractivity (Wildman–Crippen MR) is 157 cm³/mol. The van der Waals surface area contributed by atoms with Gasteiger partial charge in [0.15, 0.2) is 0 Å². The number of imide groups is 1. The first-order valence-electron chi connectivity index (χ1n) is 13.6. The number of carbonyl (C=O) groups excluding carboxylic acids is 3. The van der Waals surface area contributed by atoms with Gasteiger partial charge in [-0.1, -0.05) is 119 Å². The van der Waals surface area contributed by atoms with Gasteiger partial charge in [-0.15, -0.1) is 0 Å². The Morgan fingerprint density at radius 2 is 1.28 bits per heavy atom. The van der Waals surface area contributed by atoms with Crippen LogP contribution in [0.1, 0.15) is 71.6 Å². The Morgan fingerprint density at radius 1 is 0.769 bits per heavy atom. The Labute approximate surface area is 245 Å². The van der Waals surface area contributed by atoms with E-state index < -0.39 is 26.5 Å². The van der Waals surface area contributed by atoms with Crippen LogP contribution < -0.4 is 4.90 Å². The van der Waals surface area contributed by atoms with Crippen LogP contribution in [0.25, 0.3) is 0 Å². The Balaban J connectivity index is 1.34. The largest absolute Gasteiger partial charge is 0.462 e. The number of alkyl halides is 2.